The fraction of sp³-hybridized carbons (Fsp3) is 0.235. The van der Waals surface area contributed by atoms with E-state index in [-0.39, 0.29) is 6.42 Å². The van der Waals surface area contributed by atoms with E-state index in [1.165, 1.54) is 0 Å². The molecule has 0 unspecified atom stereocenters. The van der Waals surface area contributed by atoms with Gasteiger partial charge >= 0.3 is 5.97 Å². The Morgan fingerprint density at radius 1 is 1.23 bits per heavy atom. The molecule has 1 atom stereocenters. The summed E-state index contributed by atoms with van der Waals surface area (Å²) in [5, 5.41) is 9.97. The molecule has 0 heterocycles. The van der Waals surface area contributed by atoms with Crippen molar-refractivity contribution >= 4 is 17.6 Å². The largest absolute Gasteiger partial charge is 0.497 e. The lowest BCUT2D eigenvalue weighted by molar-refractivity contribution is -0.145. The Hall–Kier alpha value is -2.20. The van der Waals surface area contributed by atoms with Crippen LogP contribution in [-0.4, -0.2) is 24.3 Å². The Balaban J connectivity index is 2.15. The van der Waals surface area contributed by atoms with Crippen LogP contribution in [0.1, 0.15) is 11.1 Å². The molecule has 0 aliphatic rings. The zero-order valence-electron chi connectivity index (χ0n) is 12.4. The molecule has 116 valence electrons. The second kappa shape index (κ2) is 7.18. The van der Waals surface area contributed by atoms with Gasteiger partial charge in [-0.15, -0.1) is 0 Å². The minimum absolute atomic E-state index is 0.229. The van der Waals surface area contributed by atoms with Gasteiger partial charge < -0.3 is 14.6 Å². The van der Waals surface area contributed by atoms with Crippen molar-refractivity contribution in [2.75, 3.05) is 7.11 Å². The number of halogens is 1. The van der Waals surface area contributed by atoms with Gasteiger partial charge in [0, 0.05) is 17.5 Å². The van der Waals surface area contributed by atoms with Gasteiger partial charge in [0.25, 0.3) is 0 Å². The molecule has 0 bridgehead atoms. The third-order valence-corrected chi connectivity index (χ3v) is 3.66. The minimum Gasteiger partial charge on any atom is -0.497 e. The Morgan fingerprint density at radius 2 is 1.95 bits per heavy atom. The SMILES string of the molecule is COc1cccc(O[C@@H](Cc2ccc(C)c(Cl)c2)C(=O)O)c1. The summed E-state index contributed by atoms with van der Waals surface area (Å²) in [6.07, 6.45) is -0.766. The average Bonchev–Trinajstić information content (AvgIpc) is 2.50. The second-order valence-electron chi connectivity index (χ2n) is 4.91. The van der Waals surface area contributed by atoms with Crippen LogP contribution < -0.4 is 9.47 Å². The highest BCUT2D eigenvalue weighted by Crippen LogP contribution is 2.22. The van der Waals surface area contributed by atoms with Crippen LogP contribution in [0.3, 0.4) is 0 Å². The maximum absolute atomic E-state index is 11.4. The van der Waals surface area contributed by atoms with Gasteiger partial charge in [0.15, 0.2) is 6.10 Å². The van der Waals surface area contributed by atoms with Crippen LogP contribution in [0, 0.1) is 6.92 Å². The molecule has 0 saturated carbocycles. The van der Waals surface area contributed by atoms with Crippen molar-refractivity contribution in [3.63, 3.8) is 0 Å². The van der Waals surface area contributed by atoms with Crippen LogP contribution >= 0.6 is 11.6 Å². The van der Waals surface area contributed by atoms with Gasteiger partial charge in [0.2, 0.25) is 0 Å². The maximum Gasteiger partial charge on any atom is 0.345 e. The highest BCUT2D eigenvalue weighted by molar-refractivity contribution is 6.31. The number of rotatable bonds is 6. The molecule has 4 nitrogen and oxygen atoms in total. The maximum atomic E-state index is 11.4. The number of hydrogen-bond donors (Lipinski definition) is 1. The van der Waals surface area contributed by atoms with Crippen molar-refractivity contribution in [1.29, 1.82) is 0 Å². The number of hydrogen-bond acceptors (Lipinski definition) is 3. The molecule has 0 aliphatic heterocycles. The predicted octanol–water partition coefficient (Wildman–Crippen LogP) is 3.73. The first-order valence-electron chi connectivity index (χ1n) is 6.78. The third-order valence-electron chi connectivity index (χ3n) is 3.25. The van der Waals surface area contributed by atoms with E-state index in [2.05, 4.69) is 0 Å². The van der Waals surface area contributed by atoms with Crippen LogP contribution in [0.4, 0.5) is 0 Å². The Bertz CT molecular complexity index is 669. The van der Waals surface area contributed by atoms with Gasteiger partial charge in [-0.05, 0) is 36.2 Å². The van der Waals surface area contributed by atoms with E-state index in [1.807, 2.05) is 19.1 Å². The molecular weight excluding hydrogens is 304 g/mol. The van der Waals surface area contributed by atoms with Crippen molar-refractivity contribution in [2.24, 2.45) is 0 Å². The lowest BCUT2D eigenvalue weighted by Crippen LogP contribution is -2.29. The topological polar surface area (TPSA) is 55.8 Å². The zero-order chi connectivity index (χ0) is 16.1. The molecule has 0 saturated heterocycles. The third kappa shape index (κ3) is 4.15. The van der Waals surface area contributed by atoms with E-state index in [4.69, 9.17) is 21.1 Å². The summed E-state index contributed by atoms with van der Waals surface area (Å²) in [4.78, 5) is 11.4. The normalized spacial score (nSPS) is 11.8. The summed E-state index contributed by atoms with van der Waals surface area (Å²) in [6.45, 7) is 1.90. The summed E-state index contributed by atoms with van der Waals surface area (Å²) in [5.74, 6) is 0.0319. The van der Waals surface area contributed by atoms with Crippen LogP contribution in [0.2, 0.25) is 5.02 Å². The van der Waals surface area contributed by atoms with Crippen LogP contribution in [0.15, 0.2) is 42.5 Å². The fourth-order valence-corrected chi connectivity index (χ4v) is 2.20. The van der Waals surface area contributed by atoms with E-state index in [0.717, 1.165) is 11.1 Å². The smallest absolute Gasteiger partial charge is 0.345 e. The Kier molecular flexibility index (Phi) is 5.28. The van der Waals surface area contributed by atoms with Crippen molar-refractivity contribution in [3.8, 4) is 11.5 Å². The monoisotopic (exact) mass is 320 g/mol. The van der Waals surface area contributed by atoms with Gasteiger partial charge in [-0.25, -0.2) is 4.79 Å². The number of carboxylic acid groups (broad SMARTS) is 1. The fourth-order valence-electron chi connectivity index (χ4n) is 2.00. The van der Waals surface area contributed by atoms with Gasteiger partial charge in [-0.3, -0.25) is 0 Å². The van der Waals surface area contributed by atoms with E-state index in [9.17, 15) is 9.90 Å². The molecule has 0 aliphatic carbocycles. The van der Waals surface area contributed by atoms with Crippen LogP contribution in [0.25, 0.3) is 0 Å². The molecule has 2 aromatic carbocycles. The predicted molar refractivity (Wildman–Crippen MR) is 84.9 cm³/mol. The van der Waals surface area contributed by atoms with Crippen molar-refractivity contribution in [3.05, 3.63) is 58.6 Å². The summed E-state index contributed by atoms with van der Waals surface area (Å²) in [7, 11) is 1.54. The lowest BCUT2D eigenvalue weighted by Gasteiger charge is -2.16. The van der Waals surface area contributed by atoms with Gasteiger partial charge in [0.05, 0.1) is 7.11 Å². The highest BCUT2D eigenvalue weighted by Gasteiger charge is 2.20. The number of carbonyl (C=O) groups is 1. The minimum atomic E-state index is -1.03. The second-order valence-corrected chi connectivity index (χ2v) is 5.32. The van der Waals surface area contributed by atoms with Gasteiger partial charge in [-0.2, -0.15) is 0 Å². The van der Waals surface area contributed by atoms with Crippen LogP contribution in [-0.2, 0) is 11.2 Å². The van der Waals surface area contributed by atoms with E-state index in [0.29, 0.717) is 16.5 Å². The summed E-state index contributed by atoms with van der Waals surface area (Å²) in [6, 6.07) is 12.3. The molecule has 2 aromatic rings. The number of ether oxygens (including phenoxy) is 2. The van der Waals surface area contributed by atoms with E-state index < -0.39 is 12.1 Å². The highest BCUT2D eigenvalue weighted by atomic mass is 35.5. The molecule has 1 N–H and O–H groups in total. The number of methoxy groups -OCH3 is 1. The number of carboxylic acids is 1. The molecule has 0 fully saturated rings. The summed E-state index contributed by atoms with van der Waals surface area (Å²) in [5.41, 5.74) is 1.76. The molecular formula is C17H17ClO4. The van der Waals surface area contributed by atoms with Crippen molar-refractivity contribution in [1.82, 2.24) is 0 Å². The molecule has 0 aromatic heterocycles. The summed E-state index contributed by atoms with van der Waals surface area (Å²) < 4.78 is 10.7. The first-order valence-corrected chi connectivity index (χ1v) is 7.16. The first-order chi connectivity index (χ1) is 10.5. The molecule has 0 spiro atoms. The Morgan fingerprint density at radius 3 is 2.59 bits per heavy atom. The van der Waals surface area contributed by atoms with Gasteiger partial charge in [-0.1, -0.05) is 29.8 Å². The van der Waals surface area contributed by atoms with Gasteiger partial charge in [0.1, 0.15) is 11.5 Å². The standard InChI is InChI=1S/C17H17ClO4/c1-11-6-7-12(8-15(11)18)9-16(17(19)20)22-14-5-3-4-13(10-14)21-2/h3-8,10,16H,9H2,1-2H3,(H,19,20)/t16-/m0/s1. The van der Waals surface area contributed by atoms with Crippen molar-refractivity contribution < 1.29 is 19.4 Å². The molecule has 0 radical (unpaired) electrons. The zero-order valence-corrected chi connectivity index (χ0v) is 13.1. The van der Waals surface area contributed by atoms with Crippen molar-refractivity contribution in [2.45, 2.75) is 19.4 Å². The first kappa shape index (κ1) is 16.2. The van der Waals surface area contributed by atoms with E-state index in [1.54, 1.807) is 37.4 Å². The number of benzene rings is 2. The lowest BCUT2D eigenvalue weighted by atomic mass is 10.1. The van der Waals surface area contributed by atoms with E-state index >= 15 is 0 Å². The Labute approximate surface area is 134 Å². The number of aryl methyl sites for hydroxylation is 1. The average molecular weight is 321 g/mol. The number of aliphatic carboxylic acids is 1. The quantitative estimate of drug-likeness (QED) is 0.881. The molecule has 5 heteroatoms. The van der Waals surface area contributed by atoms with Crippen LogP contribution in [0.5, 0.6) is 11.5 Å². The molecule has 0 amide bonds. The molecule has 2 rings (SSSR count). The molecule has 22 heavy (non-hydrogen) atoms. The summed E-state index contributed by atoms with van der Waals surface area (Å²) >= 11 is 6.07.